The van der Waals surface area contributed by atoms with Gasteiger partial charge in [-0.1, -0.05) is 36.7 Å². The van der Waals surface area contributed by atoms with E-state index >= 15 is 0 Å². The first-order chi connectivity index (χ1) is 12.8. The molecule has 0 unspecified atom stereocenters. The van der Waals surface area contributed by atoms with Crippen LogP contribution >= 0.6 is 27.3 Å². The highest BCUT2D eigenvalue weighted by molar-refractivity contribution is 9.10. The first-order valence-corrected chi connectivity index (χ1v) is 10.7. The van der Waals surface area contributed by atoms with E-state index in [9.17, 15) is 10.1 Å². The molecule has 1 aromatic heterocycles. The third kappa shape index (κ3) is 4.53. The number of rotatable bonds is 4. The van der Waals surface area contributed by atoms with Crippen molar-refractivity contribution in [3.63, 3.8) is 0 Å². The lowest BCUT2D eigenvalue weighted by molar-refractivity contribution is -0.118. The Morgan fingerprint density at radius 3 is 2.78 bits per heavy atom. The number of aryl methyl sites for hydroxylation is 1. The van der Waals surface area contributed by atoms with Gasteiger partial charge in [-0.2, -0.15) is 5.26 Å². The van der Waals surface area contributed by atoms with Crippen molar-refractivity contribution in [2.45, 2.75) is 51.9 Å². The minimum absolute atomic E-state index is 0.0852. The molecule has 0 bridgehead atoms. The molecule has 27 heavy (non-hydrogen) atoms. The molecule has 1 heterocycles. The number of nitrogens with zero attached hydrogens (tertiary/aromatic N) is 1. The zero-order valence-corrected chi connectivity index (χ0v) is 18.2. The monoisotopic (exact) mass is 446 g/mol. The van der Waals surface area contributed by atoms with Gasteiger partial charge in [-0.15, -0.1) is 11.3 Å². The van der Waals surface area contributed by atoms with Crippen LogP contribution in [0.15, 0.2) is 22.7 Å². The molecular weight excluding hydrogens is 424 g/mol. The summed E-state index contributed by atoms with van der Waals surface area (Å²) in [7, 11) is 0. The van der Waals surface area contributed by atoms with Crippen molar-refractivity contribution in [1.82, 2.24) is 0 Å². The van der Waals surface area contributed by atoms with Gasteiger partial charge in [0.2, 0.25) is 0 Å². The average molecular weight is 447 g/mol. The van der Waals surface area contributed by atoms with Gasteiger partial charge in [0.15, 0.2) is 6.61 Å². The van der Waals surface area contributed by atoms with Crippen LogP contribution in [0.5, 0.6) is 5.75 Å². The van der Waals surface area contributed by atoms with E-state index in [1.165, 1.54) is 16.2 Å². The average Bonchev–Trinajstić information content (AvgIpc) is 2.96. The third-order valence-corrected chi connectivity index (χ3v) is 6.34. The summed E-state index contributed by atoms with van der Waals surface area (Å²) >= 11 is 5.02. The van der Waals surface area contributed by atoms with Crippen molar-refractivity contribution in [2.75, 3.05) is 11.9 Å². The van der Waals surface area contributed by atoms with Gasteiger partial charge in [-0.05, 0) is 54.9 Å². The van der Waals surface area contributed by atoms with Gasteiger partial charge in [0.25, 0.3) is 5.91 Å². The first-order valence-electron chi connectivity index (χ1n) is 9.07. The van der Waals surface area contributed by atoms with Crippen LogP contribution in [0.4, 0.5) is 5.00 Å². The Labute approximate surface area is 172 Å². The minimum atomic E-state index is -0.243. The Kier molecular flexibility index (Phi) is 5.92. The van der Waals surface area contributed by atoms with Crippen LogP contribution in [0.2, 0.25) is 0 Å². The van der Waals surface area contributed by atoms with Crippen LogP contribution in [0.25, 0.3) is 0 Å². The number of fused-ring (bicyclic) bond motifs is 1. The summed E-state index contributed by atoms with van der Waals surface area (Å²) in [6, 6.07) is 8.07. The van der Waals surface area contributed by atoms with E-state index in [4.69, 9.17) is 4.74 Å². The lowest BCUT2D eigenvalue weighted by Crippen LogP contribution is -2.22. The predicted molar refractivity (Wildman–Crippen MR) is 113 cm³/mol. The molecule has 1 amide bonds. The number of hydrogen-bond donors (Lipinski definition) is 1. The van der Waals surface area contributed by atoms with Crippen molar-refractivity contribution in [3.8, 4) is 11.8 Å². The fraction of sp³-hybridized carbons (Fsp3) is 0.429. The van der Waals surface area contributed by atoms with Crippen molar-refractivity contribution >= 4 is 38.2 Å². The summed E-state index contributed by atoms with van der Waals surface area (Å²) in [6.45, 7) is 6.24. The van der Waals surface area contributed by atoms with Gasteiger partial charge < -0.3 is 10.1 Å². The van der Waals surface area contributed by atoms with Gasteiger partial charge in [-0.25, -0.2) is 0 Å². The van der Waals surface area contributed by atoms with E-state index in [1.54, 1.807) is 0 Å². The smallest absolute Gasteiger partial charge is 0.262 e. The number of carbonyl (C=O) groups is 1. The molecule has 1 aliphatic rings. The Hall–Kier alpha value is -1.84. The quantitative estimate of drug-likeness (QED) is 0.666. The van der Waals surface area contributed by atoms with E-state index in [2.05, 4.69) is 48.1 Å². The molecule has 0 saturated heterocycles. The van der Waals surface area contributed by atoms with Crippen molar-refractivity contribution in [2.24, 2.45) is 0 Å². The summed E-state index contributed by atoms with van der Waals surface area (Å²) in [5.41, 5.74) is 2.68. The van der Waals surface area contributed by atoms with Crippen LogP contribution in [-0.2, 0) is 23.1 Å². The summed E-state index contributed by atoms with van der Waals surface area (Å²) in [4.78, 5) is 13.7. The standard InChI is InChI=1S/C21H23BrN2O2S/c1-21(2,3)16-10-13(22)8-9-17(16)26-12-19(25)24-20-15(11-23)14-6-4-5-7-18(14)27-20/h8-10H,4-7,12H2,1-3H3,(H,24,25). The molecule has 1 N–H and O–H groups in total. The van der Waals surface area contributed by atoms with E-state index in [-0.39, 0.29) is 17.9 Å². The number of thiophene rings is 1. The van der Waals surface area contributed by atoms with Gasteiger partial charge in [0.05, 0.1) is 5.56 Å². The normalized spacial score (nSPS) is 13.6. The molecule has 1 aromatic carbocycles. The molecule has 0 spiro atoms. The fourth-order valence-corrected chi connectivity index (χ4v) is 4.91. The maximum atomic E-state index is 12.4. The van der Waals surface area contributed by atoms with E-state index < -0.39 is 0 Å². The van der Waals surface area contributed by atoms with Crippen LogP contribution in [0, 0.1) is 11.3 Å². The van der Waals surface area contributed by atoms with E-state index in [1.807, 2.05) is 18.2 Å². The number of benzene rings is 1. The van der Waals surface area contributed by atoms with Gasteiger partial charge >= 0.3 is 0 Å². The summed E-state index contributed by atoms with van der Waals surface area (Å²) in [6.07, 6.45) is 4.17. The molecule has 0 fully saturated rings. The summed E-state index contributed by atoms with van der Waals surface area (Å²) in [5.74, 6) is 0.458. The molecule has 0 aliphatic heterocycles. The molecule has 0 atom stereocenters. The Bertz CT molecular complexity index is 906. The minimum Gasteiger partial charge on any atom is -0.483 e. The molecule has 6 heteroatoms. The van der Waals surface area contributed by atoms with Crippen LogP contribution in [-0.4, -0.2) is 12.5 Å². The van der Waals surface area contributed by atoms with Crippen LogP contribution in [0.1, 0.15) is 55.2 Å². The van der Waals surface area contributed by atoms with Gasteiger partial charge in [-0.3, -0.25) is 4.79 Å². The highest BCUT2D eigenvalue weighted by atomic mass is 79.9. The number of nitriles is 1. The van der Waals surface area contributed by atoms with Crippen LogP contribution < -0.4 is 10.1 Å². The lowest BCUT2D eigenvalue weighted by Gasteiger charge is -2.23. The zero-order chi connectivity index (χ0) is 19.6. The Morgan fingerprint density at radius 2 is 2.07 bits per heavy atom. The second-order valence-electron chi connectivity index (χ2n) is 7.75. The third-order valence-electron chi connectivity index (χ3n) is 4.64. The number of anilines is 1. The zero-order valence-electron chi connectivity index (χ0n) is 15.8. The number of nitrogens with one attached hydrogen (secondary N) is 1. The summed E-state index contributed by atoms with van der Waals surface area (Å²) in [5, 5.41) is 13.0. The molecule has 2 aromatic rings. The van der Waals surface area contributed by atoms with Gasteiger partial charge in [0.1, 0.15) is 16.8 Å². The van der Waals surface area contributed by atoms with E-state index in [0.717, 1.165) is 41.3 Å². The fourth-order valence-electron chi connectivity index (χ4n) is 3.29. The van der Waals surface area contributed by atoms with Crippen LogP contribution in [0.3, 0.4) is 0 Å². The highest BCUT2D eigenvalue weighted by Crippen LogP contribution is 2.38. The number of amides is 1. The number of carbonyl (C=O) groups excluding carboxylic acids is 1. The second kappa shape index (κ2) is 8.04. The highest BCUT2D eigenvalue weighted by Gasteiger charge is 2.23. The first kappa shape index (κ1) is 19.9. The SMILES string of the molecule is CC(C)(C)c1cc(Br)ccc1OCC(=O)Nc1sc2c(c1C#N)CCCC2. The van der Waals surface area contributed by atoms with Gasteiger partial charge in [0, 0.05) is 14.9 Å². The maximum Gasteiger partial charge on any atom is 0.262 e. The Morgan fingerprint density at radius 1 is 1.33 bits per heavy atom. The maximum absolute atomic E-state index is 12.4. The Balaban J connectivity index is 1.72. The molecule has 1 aliphatic carbocycles. The number of hydrogen-bond acceptors (Lipinski definition) is 4. The van der Waals surface area contributed by atoms with E-state index in [0.29, 0.717) is 16.3 Å². The van der Waals surface area contributed by atoms with Crippen molar-refractivity contribution in [3.05, 3.63) is 44.2 Å². The number of halogens is 1. The van der Waals surface area contributed by atoms with Crippen molar-refractivity contribution in [1.29, 1.82) is 5.26 Å². The summed E-state index contributed by atoms with van der Waals surface area (Å²) < 4.78 is 6.80. The molecule has 0 saturated carbocycles. The predicted octanol–water partition coefficient (Wildman–Crippen LogP) is 5.58. The molecule has 0 radical (unpaired) electrons. The second-order valence-corrected chi connectivity index (χ2v) is 9.78. The largest absolute Gasteiger partial charge is 0.483 e. The lowest BCUT2D eigenvalue weighted by atomic mass is 9.86. The molecular formula is C21H23BrN2O2S. The molecule has 4 nitrogen and oxygen atoms in total. The van der Waals surface area contributed by atoms with Crippen molar-refractivity contribution < 1.29 is 9.53 Å². The molecule has 3 rings (SSSR count). The number of ether oxygens (including phenoxy) is 1. The topological polar surface area (TPSA) is 62.1 Å². The molecule has 142 valence electrons.